The maximum Gasteiger partial charge on any atom is 0.155 e. The predicted octanol–water partition coefficient (Wildman–Crippen LogP) is 6.57. The number of rotatable bonds is 5. The predicted molar refractivity (Wildman–Crippen MR) is 119 cm³/mol. The largest absolute Gasteiger partial charge is 0.389 e. The second-order valence-corrected chi connectivity index (χ2v) is 12.1. The van der Waals surface area contributed by atoms with Gasteiger partial charge in [0.25, 0.3) is 0 Å². The lowest BCUT2D eigenvalue weighted by Gasteiger charge is -2.59. The van der Waals surface area contributed by atoms with Crippen LogP contribution in [0.25, 0.3) is 0 Å². The van der Waals surface area contributed by atoms with Crippen LogP contribution in [-0.4, -0.2) is 17.0 Å². The Kier molecular flexibility index (Phi) is 5.82. The minimum atomic E-state index is -0.393. The minimum absolute atomic E-state index is 0.0541. The fraction of sp³-hybridized carbons (Fsp3) is 0.889. The van der Waals surface area contributed by atoms with Gasteiger partial charge in [0.05, 0.1) is 6.10 Å². The summed E-state index contributed by atoms with van der Waals surface area (Å²) in [4.78, 5) is 12.1. The molecule has 0 aliphatic heterocycles. The van der Waals surface area contributed by atoms with Crippen LogP contribution in [0.2, 0.25) is 0 Å². The summed E-state index contributed by atoms with van der Waals surface area (Å²) in [6.07, 6.45) is 13.5. The summed E-state index contributed by atoms with van der Waals surface area (Å²) in [6.45, 7) is 12.2. The molecule has 0 heterocycles. The molecule has 0 aromatic carbocycles. The molecule has 4 aliphatic carbocycles. The van der Waals surface area contributed by atoms with Crippen molar-refractivity contribution < 1.29 is 9.90 Å². The third-order valence-electron chi connectivity index (χ3n) is 10.2. The van der Waals surface area contributed by atoms with E-state index in [9.17, 15) is 9.90 Å². The average molecular weight is 401 g/mol. The molecular weight excluding hydrogens is 356 g/mol. The van der Waals surface area contributed by atoms with Gasteiger partial charge in [-0.2, -0.15) is 0 Å². The molecule has 4 aliphatic rings. The molecule has 3 fully saturated rings. The number of hydrogen-bond acceptors (Lipinski definition) is 2. The Labute approximate surface area is 178 Å². The van der Waals surface area contributed by atoms with Crippen LogP contribution in [0, 0.1) is 46.3 Å². The number of ketones is 1. The van der Waals surface area contributed by atoms with Gasteiger partial charge in [0.15, 0.2) is 5.78 Å². The zero-order chi connectivity index (χ0) is 21.0. The first kappa shape index (κ1) is 21.6. The first-order valence-corrected chi connectivity index (χ1v) is 12.6. The van der Waals surface area contributed by atoms with Crippen molar-refractivity contribution in [3.8, 4) is 0 Å². The van der Waals surface area contributed by atoms with Gasteiger partial charge in [-0.25, -0.2) is 0 Å². The molecule has 164 valence electrons. The maximum atomic E-state index is 12.1. The molecule has 0 bridgehead atoms. The lowest BCUT2D eigenvalue weighted by molar-refractivity contribution is -0.119. The lowest BCUT2D eigenvalue weighted by Crippen LogP contribution is -2.54. The van der Waals surface area contributed by atoms with E-state index in [1.807, 2.05) is 6.08 Å². The summed E-state index contributed by atoms with van der Waals surface area (Å²) in [5.74, 6) is 4.81. The van der Waals surface area contributed by atoms with Gasteiger partial charge >= 0.3 is 0 Å². The van der Waals surface area contributed by atoms with E-state index in [-0.39, 0.29) is 11.2 Å². The van der Waals surface area contributed by atoms with Crippen LogP contribution in [-0.2, 0) is 4.79 Å². The van der Waals surface area contributed by atoms with E-state index in [4.69, 9.17) is 0 Å². The summed E-state index contributed by atoms with van der Waals surface area (Å²) in [5.41, 5.74) is 1.59. The van der Waals surface area contributed by atoms with Crippen molar-refractivity contribution in [2.24, 2.45) is 46.3 Å². The van der Waals surface area contributed by atoms with Gasteiger partial charge in [0.2, 0.25) is 0 Å². The van der Waals surface area contributed by atoms with Crippen molar-refractivity contribution in [2.45, 2.75) is 105 Å². The highest BCUT2D eigenvalue weighted by atomic mass is 16.3. The quantitative estimate of drug-likeness (QED) is 0.567. The van der Waals surface area contributed by atoms with E-state index in [0.29, 0.717) is 23.7 Å². The Hall–Kier alpha value is -0.630. The van der Waals surface area contributed by atoms with E-state index < -0.39 is 6.10 Å². The molecule has 0 aromatic heterocycles. The van der Waals surface area contributed by atoms with Crippen LogP contribution < -0.4 is 0 Å². The van der Waals surface area contributed by atoms with E-state index in [1.54, 1.807) is 0 Å². The molecule has 0 amide bonds. The van der Waals surface area contributed by atoms with Crippen LogP contribution in [0.1, 0.15) is 98.8 Å². The van der Waals surface area contributed by atoms with Crippen molar-refractivity contribution in [3.05, 3.63) is 11.6 Å². The van der Waals surface area contributed by atoms with E-state index in [0.717, 1.165) is 42.1 Å². The monoisotopic (exact) mass is 400 g/mol. The number of carbonyl (C=O) groups excluding carboxylic acids is 1. The highest BCUT2D eigenvalue weighted by Crippen LogP contribution is 2.67. The van der Waals surface area contributed by atoms with Crippen molar-refractivity contribution in [1.29, 1.82) is 0 Å². The summed E-state index contributed by atoms with van der Waals surface area (Å²) < 4.78 is 0. The SMILES string of the molecule is CC(C)CCC[C@@H](C)[C@H]1CC[C@@H]2[C@@H]3C[C@@H](O)C4=CC(=O)CC[C@]4(C)[C@@H]3CC[C@@]21C. The molecule has 4 rings (SSSR count). The second kappa shape index (κ2) is 7.81. The molecule has 2 nitrogen and oxygen atoms in total. The van der Waals surface area contributed by atoms with Crippen LogP contribution in [0.4, 0.5) is 0 Å². The first-order valence-electron chi connectivity index (χ1n) is 12.6. The van der Waals surface area contributed by atoms with Crippen molar-refractivity contribution in [1.82, 2.24) is 0 Å². The summed E-state index contributed by atoms with van der Waals surface area (Å²) >= 11 is 0. The van der Waals surface area contributed by atoms with Crippen molar-refractivity contribution in [2.75, 3.05) is 0 Å². The smallest absolute Gasteiger partial charge is 0.155 e. The summed E-state index contributed by atoms with van der Waals surface area (Å²) in [5, 5.41) is 11.1. The van der Waals surface area contributed by atoms with Crippen LogP contribution in [0.15, 0.2) is 11.6 Å². The Morgan fingerprint density at radius 3 is 2.55 bits per heavy atom. The highest BCUT2D eigenvalue weighted by molar-refractivity contribution is 5.91. The zero-order valence-electron chi connectivity index (χ0n) is 19.5. The number of carbonyl (C=O) groups is 1. The molecule has 1 N–H and O–H groups in total. The molecular formula is C27H44O2. The minimum Gasteiger partial charge on any atom is -0.389 e. The Balaban J connectivity index is 1.53. The van der Waals surface area contributed by atoms with Crippen LogP contribution >= 0.6 is 0 Å². The van der Waals surface area contributed by atoms with Gasteiger partial charge in [-0.1, -0.05) is 53.9 Å². The van der Waals surface area contributed by atoms with Crippen molar-refractivity contribution in [3.63, 3.8) is 0 Å². The van der Waals surface area contributed by atoms with Gasteiger partial charge in [-0.05, 0) is 96.5 Å². The summed E-state index contributed by atoms with van der Waals surface area (Å²) in [7, 11) is 0. The molecule has 29 heavy (non-hydrogen) atoms. The maximum absolute atomic E-state index is 12.1. The number of fused-ring (bicyclic) bond motifs is 5. The molecule has 0 spiro atoms. The Bertz CT molecular complexity index is 663. The Morgan fingerprint density at radius 2 is 1.83 bits per heavy atom. The van der Waals surface area contributed by atoms with Crippen molar-refractivity contribution >= 4 is 5.78 Å². The van der Waals surface area contributed by atoms with Gasteiger partial charge in [-0.15, -0.1) is 0 Å². The molecule has 0 saturated heterocycles. The second-order valence-electron chi connectivity index (χ2n) is 12.1. The van der Waals surface area contributed by atoms with E-state index in [2.05, 4.69) is 34.6 Å². The van der Waals surface area contributed by atoms with E-state index >= 15 is 0 Å². The van der Waals surface area contributed by atoms with Gasteiger partial charge in [0.1, 0.15) is 0 Å². The first-order chi connectivity index (χ1) is 13.7. The standard InChI is InChI=1S/C27H44O2/c1-17(2)7-6-8-18(3)21-9-10-22-20-16-25(29)24-15-19(28)11-13-27(24,5)23(20)12-14-26(21,22)4/h15,17-18,20-23,25,29H,6-14,16H2,1-5H3/t18-,20+,21-,22-,23-,25-,26-,27-/m1/s1. The van der Waals surface area contributed by atoms with Gasteiger partial charge in [-0.3, -0.25) is 4.79 Å². The molecule has 0 unspecified atom stereocenters. The third-order valence-corrected chi connectivity index (χ3v) is 10.2. The molecule has 8 atom stereocenters. The average Bonchev–Trinajstić information content (AvgIpc) is 3.00. The lowest BCUT2D eigenvalue weighted by atomic mass is 9.46. The normalized spacial score (nSPS) is 45.4. The van der Waals surface area contributed by atoms with Gasteiger partial charge in [0, 0.05) is 6.42 Å². The topological polar surface area (TPSA) is 37.3 Å². The van der Waals surface area contributed by atoms with Crippen LogP contribution in [0.3, 0.4) is 0 Å². The molecule has 0 radical (unpaired) electrons. The number of aliphatic hydroxyl groups is 1. The third kappa shape index (κ3) is 3.56. The van der Waals surface area contributed by atoms with Gasteiger partial charge < -0.3 is 5.11 Å². The summed E-state index contributed by atoms with van der Waals surface area (Å²) in [6, 6.07) is 0. The van der Waals surface area contributed by atoms with Crippen LogP contribution in [0.5, 0.6) is 0 Å². The fourth-order valence-electron chi connectivity index (χ4n) is 8.63. The molecule has 2 heteroatoms. The highest BCUT2D eigenvalue weighted by Gasteiger charge is 2.60. The number of aliphatic hydroxyl groups excluding tert-OH is 1. The van der Waals surface area contributed by atoms with E-state index in [1.165, 1.54) is 44.9 Å². The fourth-order valence-corrected chi connectivity index (χ4v) is 8.63. The zero-order valence-corrected chi connectivity index (χ0v) is 19.5. The molecule has 0 aromatic rings. The molecule has 3 saturated carbocycles. The number of hydrogen-bond donors (Lipinski definition) is 1. The Morgan fingerprint density at radius 1 is 1.07 bits per heavy atom.